The molecule has 0 saturated carbocycles. The molecule has 47 heavy (non-hydrogen) atoms. The van der Waals surface area contributed by atoms with Crippen LogP contribution in [0, 0.1) is 13.8 Å². The molecule has 1 heteroatoms. The molecule has 0 bridgehead atoms. The molecular formula is C46H67N. The summed E-state index contributed by atoms with van der Waals surface area (Å²) in [5.41, 5.74) is 15.0. The van der Waals surface area contributed by atoms with Gasteiger partial charge in [-0.3, -0.25) is 4.99 Å². The van der Waals surface area contributed by atoms with Crippen molar-refractivity contribution in [2.45, 2.75) is 164 Å². The van der Waals surface area contributed by atoms with Gasteiger partial charge in [0.1, 0.15) is 0 Å². The SMILES string of the molecule is CCCCCCCCc1cc(C=C(CC)C(C)=Nc2cc(C)c(-c3ccccc3)c(CCCC)c2)cc(C)c1CCCCCCCC. The van der Waals surface area contributed by atoms with Crippen LogP contribution < -0.4 is 0 Å². The molecule has 3 aromatic carbocycles. The third-order valence-corrected chi connectivity index (χ3v) is 9.92. The smallest absolute Gasteiger partial charge is 0.0638 e. The van der Waals surface area contributed by atoms with E-state index in [-0.39, 0.29) is 0 Å². The van der Waals surface area contributed by atoms with Crippen LogP contribution in [0.15, 0.2) is 65.2 Å². The first-order valence-corrected chi connectivity index (χ1v) is 19.5. The molecule has 0 radical (unpaired) electrons. The zero-order chi connectivity index (χ0) is 33.9. The molecule has 0 saturated heterocycles. The molecule has 0 aliphatic rings. The number of allylic oxidation sites excluding steroid dienone is 1. The normalized spacial score (nSPS) is 12.2. The first kappa shape index (κ1) is 38.5. The Bertz CT molecular complexity index is 1390. The quantitative estimate of drug-likeness (QED) is 0.0771. The van der Waals surface area contributed by atoms with Crippen molar-refractivity contribution in [3.8, 4) is 11.1 Å². The summed E-state index contributed by atoms with van der Waals surface area (Å²) in [5.74, 6) is 0. The minimum Gasteiger partial charge on any atom is -0.253 e. The van der Waals surface area contributed by atoms with Gasteiger partial charge in [0.05, 0.1) is 5.69 Å². The van der Waals surface area contributed by atoms with Gasteiger partial charge >= 0.3 is 0 Å². The van der Waals surface area contributed by atoms with Crippen molar-refractivity contribution >= 4 is 17.5 Å². The number of hydrogen-bond donors (Lipinski definition) is 0. The Hall–Kier alpha value is -2.93. The second kappa shape index (κ2) is 21.8. The highest BCUT2D eigenvalue weighted by Gasteiger charge is 2.13. The molecule has 3 rings (SSSR count). The van der Waals surface area contributed by atoms with E-state index in [4.69, 9.17) is 4.99 Å². The van der Waals surface area contributed by atoms with Crippen molar-refractivity contribution < 1.29 is 0 Å². The standard InChI is InChI=1S/C46H67N/c1-8-12-15-17-19-22-29-42-34-39(31-36(5)45(42)30-25-20-18-16-13-9-2)33-40(11-4)38(7)47-44-32-37(6)46(41-27-23-21-24-28-41)43(35-44)26-14-10-3/h21,23-24,27-28,31-35H,8-20,22,25-26,29-30H2,1-7H3. The van der Waals surface area contributed by atoms with Gasteiger partial charge < -0.3 is 0 Å². The fourth-order valence-electron chi connectivity index (χ4n) is 7.18. The zero-order valence-electron chi connectivity index (χ0n) is 31.4. The predicted octanol–water partition coefficient (Wildman–Crippen LogP) is 14.7. The number of unbranched alkanes of at least 4 members (excludes halogenated alkanes) is 11. The van der Waals surface area contributed by atoms with Crippen LogP contribution in [0.5, 0.6) is 0 Å². The second-order valence-corrected chi connectivity index (χ2v) is 14.0. The molecule has 0 heterocycles. The molecule has 0 N–H and O–H groups in total. The third-order valence-electron chi connectivity index (χ3n) is 9.92. The molecule has 3 aromatic rings. The maximum atomic E-state index is 5.26. The van der Waals surface area contributed by atoms with Gasteiger partial charge in [-0.05, 0) is 134 Å². The van der Waals surface area contributed by atoms with E-state index < -0.39 is 0 Å². The van der Waals surface area contributed by atoms with Gasteiger partial charge in [0.15, 0.2) is 0 Å². The highest BCUT2D eigenvalue weighted by molar-refractivity contribution is 6.03. The molecule has 256 valence electrons. The van der Waals surface area contributed by atoms with Crippen LogP contribution in [0.3, 0.4) is 0 Å². The minimum absolute atomic E-state index is 0.977. The molecule has 0 fully saturated rings. The predicted molar refractivity (Wildman–Crippen MR) is 212 cm³/mol. The molecule has 0 spiro atoms. The van der Waals surface area contributed by atoms with E-state index in [1.165, 1.54) is 142 Å². The van der Waals surface area contributed by atoms with Crippen LogP contribution in [0.4, 0.5) is 5.69 Å². The van der Waals surface area contributed by atoms with E-state index >= 15 is 0 Å². The Morgan fingerprint density at radius 1 is 0.596 bits per heavy atom. The van der Waals surface area contributed by atoms with Gasteiger partial charge in [-0.1, -0.05) is 141 Å². The lowest BCUT2D eigenvalue weighted by molar-refractivity contribution is 0.598. The van der Waals surface area contributed by atoms with Crippen LogP contribution in [-0.2, 0) is 19.3 Å². The monoisotopic (exact) mass is 634 g/mol. The summed E-state index contributed by atoms with van der Waals surface area (Å²) < 4.78 is 0. The van der Waals surface area contributed by atoms with E-state index in [1.807, 2.05) is 0 Å². The molecule has 0 unspecified atom stereocenters. The summed E-state index contributed by atoms with van der Waals surface area (Å²) in [6, 6.07) is 20.5. The van der Waals surface area contributed by atoms with E-state index in [9.17, 15) is 0 Å². The second-order valence-electron chi connectivity index (χ2n) is 14.0. The maximum absolute atomic E-state index is 5.26. The summed E-state index contributed by atoms with van der Waals surface area (Å²) in [6.45, 7) is 16.0. The van der Waals surface area contributed by atoms with E-state index in [0.29, 0.717) is 0 Å². The summed E-state index contributed by atoms with van der Waals surface area (Å²) in [5, 5.41) is 0. The van der Waals surface area contributed by atoms with Crippen LogP contribution in [0.1, 0.15) is 164 Å². The summed E-state index contributed by atoms with van der Waals surface area (Å²) in [7, 11) is 0. The Morgan fingerprint density at radius 3 is 1.83 bits per heavy atom. The minimum atomic E-state index is 0.977. The van der Waals surface area contributed by atoms with Gasteiger partial charge in [0, 0.05) is 5.71 Å². The number of aryl methyl sites for hydroxylation is 4. The first-order valence-electron chi connectivity index (χ1n) is 19.5. The lowest BCUT2D eigenvalue weighted by atomic mass is 9.90. The van der Waals surface area contributed by atoms with Crippen molar-refractivity contribution in [1.29, 1.82) is 0 Å². The van der Waals surface area contributed by atoms with Crippen molar-refractivity contribution in [2.75, 3.05) is 0 Å². The number of aliphatic imine (C=N–C) groups is 1. The summed E-state index contributed by atoms with van der Waals surface area (Å²) in [6.07, 6.45) is 25.6. The Balaban J connectivity index is 1.89. The number of rotatable bonds is 22. The highest BCUT2D eigenvalue weighted by Crippen LogP contribution is 2.33. The van der Waals surface area contributed by atoms with Crippen molar-refractivity contribution in [3.63, 3.8) is 0 Å². The van der Waals surface area contributed by atoms with Gasteiger partial charge in [0.25, 0.3) is 0 Å². The van der Waals surface area contributed by atoms with Gasteiger partial charge in [-0.2, -0.15) is 0 Å². The zero-order valence-corrected chi connectivity index (χ0v) is 31.4. The molecule has 0 atom stereocenters. The van der Waals surface area contributed by atoms with Crippen molar-refractivity contribution in [2.24, 2.45) is 4.99 Å². The Labute approximate surface area is 290 Å². The number of nitrogens with zero attached hydrogens (tertiary/aromatic N) is 1. The van der Waals surface area contributed by atoms with E-state index in [1.54, 1.807) is 11.1 Å². The molecule has 1 nitrogen and oxygen atoms in total. The number of benzene rings is 3. The fourth-order valence-corrected chi connectivity index (χ4v) is 7.18. The van der Waals surface area contributed by atoms with E-state index in [2.05, 4.69) is 109 Å². The van der Waals surface area contributed by atoms with Crippen LogP contribution >= 0.6 is 0 Å². The topological polar surface area (TPSA) is 12.4 Å². The van der Waals surface area contributed by atoms with Crippen LogP contribution in [0.2, 0.25) is 0 Å². The Kier molecular flexibility index (Phi) is 17.9. The molecule has 0 aliphatic carbocycles. The summed E-state index contributed by atoms with van der Waals surface area (Å²) >= 11 is 0. The van der Waals surface area contributed by atoms with Crippen LogP contribution in [0.25, 0.3) is 17.2 Å². The summed E-state index contributed by atoms with van der Waals surface area (Å²) in [4.78, 5) is 5.26. The van der Waals surface area contributed by atoms with E-state index in [0.717, 1.165) is 24.2 Å². The molecule has 0 amide bonds. The lowest BCUT2D eigenvalue weighted by Crippen LogP contribution is -2.02. The first-order chi connectivity index (χ1) is 22.9. The lowest BCUT2D eigenvalue weighted by Gasteiger charge is -2.16. The average Bonchev–Trinajstić information content (AvgIpc) is 3.06. The number of hydrogen-bond acceptors (Lipinski definition) is 1. The molecular weight excluding hydrogens is 567 g/mol. The fraction of sp³-hybridized carbons (Fsp3) is 0.543. The largest absolute Gasteiger partial charge is 0.253 e. The highest BCUT2D eigenvalue weighted by atomic mass is 14.7. The average molecular weight is 634 g/mol. The molecule has 0 aromatic heterocycles. The van der Waals surface area contributed by atoms with Gasteiger partial charge in [-0.15, -0.1) is 0 Å². The maximum Gasteiger partial charge on any atom is 0.0638 e. The van der Waals surface area contributed by atoms with Gasteiger partial charge in [-0.25, -0.2) is 0 Å². The third kappa shape index (κ3) is 12.9. The Morgan fingerprint density at radius 2 is 1.19 bits per heavy atom. The van der Waals surface area contributed by atoms with Gasteiger partial charge in [0.2, 0.25) is 0 Å². The van der Waals surface area contributed by atoms with Crippen molar-refractivity contribution in [1.82, 2.24) is 0 Å². The van der Waals surface area contributed by atoms with Crippen LogP contribution in [-0.4, -0.2) is 5.71 Å². The van der Waals surface area contributed by atoms with Crippen molar-refractivity contribution in [3.05, 3.63) is 93.6 Å². The molecule has 0 aliphatic heterocycles.